The summed E-state index contributed by atoms with van der Waals surface area (Å²) in [6, 6.07) is 6.52. The molecular formula is C24H19Br2F7N2O2. The number of hydrogen-bond donors (Lipinski definition) is 2. The molecule has 1 aliphatic rings. The predicted octanol–water partition coefficient (Wildman–Crippen LogP) is 6.94. The average molecular weight is 660 g/mol. The van der Waals surface area contributed by atoms with Gasteiger partial charge in [-0.25, -0.2) is 4.39 Å². The lowest BCUT2D eigenvalue weighted by Crippen LogP contribution is -2.49. The van der Waals surface area contributed by atoms with Crippen molar-refractivity contribution >= 4 is 49.8 Å². The van der Waals surface area contributed by atoms with E-state index in [0.717, 1.165) is 24.3 Å². The molecule has 2 aromatic rings. The molecule has 2 amide bonds. The highest BCUT2D eigenvalue weighted by Crippen LogP contribution is 2.40. The van der Waals surface area contributed by atoms with E-state index in [4.69, 9.17) is 0 Å². The standard InChI is InChI=1S/C24H19Br2F7N2O2/c25-15-10-14(11-16(26)12-15)18(23(28,29)30)4-2-13-1-3-17(19(9-13)24(31,32)33)20(36)35-22(5-6-22)21(37)34-8-7-27/h1-4,9-12,18H,5-8H2,(H,34,37)(H,35,36)/b4-2+. The van der Waals surface area contributed by atoms with Gasteiger partial charge in [0.25, 0.3) is 5.91 Å². The zero-order chi connectivity index (χ0) is 27.6. The molecule has 3 rings (SSSR count). The van der Waals surface area contributed by atoms with Gasteiger partial charge in [-0.05, 0) is 54.3 Å². The van der Waals surface area contributed by atoms with Gasteiger partial charge < -0.3 is 10.6 Å². The van der Waals surface area contributed by atoms with Crippen LogP contribution in [0.1, 0.15) is 45.8 Å². The van der Waals surface area contributed by atoms with Crippen LogP contribution in [0.15, 0.2) is 51.4 Å². The van der Waals surface area contributed by atoms with E-state index in [1.54, 1.807) is 0 Å². The van der Waals surface area contributed by atoms with E-state index in [9.17, 15) is 40.3 Å². The second kappa shape index (κ2) is 11.1. The summed E-state index contributed by atoms with van der Waals surface area (Å²) in [5, 5.41) is 4.53. The molecule has 0 aromatic heterocycles. The van der Waals surface area contributed by atoms with E-state index in [1.165, 1.54) is 18.2 Å². The van der Waals surface area contributed by atoms with E-state index < -0.39 is 53.4 Å². The number of halogens is 9. The molecular weight excluding hydrogens is 641 g/mol. The Labute approximate surface area is 223 Å². The zero-order valence-corrected chi connectivity index (χ0v) is 21.9. The molecule has 2 aromatic carbocycles. The second-order valence-electron chi connectivity index (χ2n) is 8.37. The number of allylic oxidation sites excluding steroid dienone is 1. The van der Waals surface area contributed by atoms with Crippen LogP contribution in [0.4, 0.5) is 30.7 Å². The Morgan fingerprint density at radius 1 is 1.00 bits per heavy atom. The number of benzene rings is 2. The fourth-order valence-corrected chi connectivity index (χ4v) is 4.95. The van der Waals surface area contributed by atoms with Gasteiger partial charge in [0.15, 0.2) is 0 Å². The van der Waals surface area contributed by atoms with Crippen molar-refractivity contribution in [3.63, 3.8) is 0 Å². The Balaban J connectivity index is 1.91. The van der Waals surface area contributed by atoms with Crippen molar-refractivity contribution in [2.75, 3.05) is 13.2 Å². The molecule has 2 N–H and O–H groups in total. The third kappa shape index (κ3) is 7.34. The number of alkyl halides is 7. The summed E-state index contributed by atoms with van der Waals surface area (Å²) in [5.74, 6) is -4.00. The maximum Gasteiger partial charge on any atom is 0.417 e. The maximum absolute atomic E-state index is 13.8. The molecule has 200 valence electrons. The molecule has 0 radical (unpaired) electrons. The van der Waals surface area contributed by atoms with Crippen molar-refractivity contribution in [3.8, 4) is 0 Å². The van der Waals surface area contributed by atoms with Crippen LogP contribution in [0.25, 0.3) is 6.08 Å². The van der Waals surface area contributed by atoms with E-state index in [2.05, 4.69) is 42.5 Å². The Kier molecular flexibility index (Phi) is 8.78. The molecule has 0 heterocycles. The van der Waals surface area contributed by atoms with Gasteiger partial charge in [0, 0.05) is 15.5 Å². The summed E-state index contributed by atoms with van der Waals surface area (Å²) in [5.41, 5.74) is -3.95. The minimum absolute atomic E-state index is 0.141. The summed E-state index contributed by atoms with van der Waals surface area (Å²) in [6.45, 7) is -1.15. The van der Waals surface area contributed by atoms with Crippen LogP contribution in [0.2, 0.25) is 0 Å². The number of hydrogen-bond acceptors (Lipinski definition) is 2. The summed E-state index contributed by atoms with van der Waals surface area (Å²) in [4.78, 5) is 24.8. The highest BCUT2D eigenvalue weighted by Gasteiger charge is 2.51. The first-order chi connectivity index (χ1) is 17.2. The Morgan fingerprint density at radius 2 is 1.62 bits per heavy atom. The Bertz CT molecular complexity index is 1190. The molecule has 0 aliphatic heterocycles. The lowest BCUT2D eigenvalue weighted by Gasteiger charge is -2.19. The van der Waals surface area contributed by atoms with Crippen molar-refractivity contribution in [2.24, 2.45) is 0 Å². The second-order valence-corrected chi connectivity index (χ2v) is 10.2. The van der Waals surface area contributed by atoms with E-state index in [-0.39, 0.29) is 30.5 Å². The topological polar surface area (TPSA) is 58.2 Å². The van der Waals surface area contributed by atoms with Crippen LogP contribution >= 0.6 is 31.9 Å². The van der Waals surface area contributed by atoms with Gasteiger partial charge in [-0.2, -0.15) is 26.3 Å². The lowest BCUT2D eigenvalue weighted by atomic mass is 9.96. The first-order valence-electron chi connectivity index (χ1n) is 10.8. The average Bonchev–Trinajstić information content (AvgIpc) is 3.56. The van der Waals surface area contributed by atoms with E-state index >= 15 is 0 Å². The molecule has 1 aliphatic carbocycles. The highest BCUT2D eigenvalue weighted by molar-refractivity contribution is 9.11. The summed E-state index contributed by atoms with van der Waals surface area (Å²) >= 11 is 6.23. The smallest absolute Gasteiger partial charge is 0.351 e. The number of rotatable bonds is 8. The van der Waals surface area contributed by atoms with Gasteiger partial charge >= 0.3 is 12.4 Å². The van der Waals surface area contributed by atoms with Crippen LogP contribution in [0, 0.1) is 0 Å². The predicted molar refractivity (Wildman–Crippen MR) is 130 cm³/mol. The molecule has 1 fully saturated rings. The van der Waals surface area contributed by atoms with Gasteiger partial charge in [0.2, 0.25) is 5.91 Å². The molecule has 1 atom stereocenters. The fourth-order valence-electron chi connectivity index (χ4n) is 3.62. The van der Waals surface area contributed by atoms with Crippen molar-refractivity contribution in [1.29, 1.82) is 0 Å². The maximum atomic E-state index is 13.8. The van der Waals surface area contributed by atoms with Crippen molar-refractivity contribution in [2.45, 2.75) is 36.7 Å². The molecule has 1 saturated carbocycles. The first kappa shape index (κ1) is 29.2. The van der Waals surface area contributed by atoms with Crippen LogP contribution < -0.4 is 10.6 Å². The van der Waals surface area contributed by atoms with E-state index in [0.29, 0.717) is 15.0 Å². The molecule has 37 heavy (non-hydrogen) atoms. The first-order valence-corrected chi connectivity index (χ1v) is 12.3. The quantitative estimate of drug-likeness (QED) is 0.302. The molecule has 13 heteroatoms. The van der Waals surface area contributed by atoms with Crippen LogP contribution in [-0.2, 0) is 11.0 Å². The third-order valence-electron chi connectivity index (χ3n) is 5.59. The largest absolute Gasteiger partial charge is 0.417 e. The normalized spacial score (nSPS) is 15.9. The molecule has 0 bridgehead atoms. The van der Waals surface area contributed by atoms with Crippen molar-refractivity contribution in [3.05, 3.63) is 73.7 Å². The molecule has 1 unspecified atom stereocenters. The molecule has 4 nitrogen and oxygen atoms in total. The number of amides is 2. The Hall–Kier alpha value is -2.41. The van der Waals surface area contributed by atoms with Crippen LogP contribution in [0.3, 0.4) is 0 Å². The van der Waals surface area contributed by atoms with Gasteiger partial charge in [0.05, 0.1) is 17.0 Å². The fraction of sp³-hybridized carbons (Fsp3) is 0.333. The van der Waals surface area contributed by atoms with Gasteiger partial charge in [-0.3, -0.25) is 9.59 Å². The minimum Gasteiger partial charge on any atom is -0.351 e. The minimum atomic E-state index is -5.01. The van der Waals surface area contributed by atoms with Crippen LogP contribution in [-0.4, -0.2) is 36.7 Å². The molecule has 0 saturated heterocycles. The van der Waals surface area contributed by atoms with Crippen molar-refractivity contribution < 1.29 is 40.3 Å². The van der Waals surface area contributed by atoms with Gasteiger partial charge in [-0.15, -0.1) is 0 Å². The monoisotopic (exact) mass is 658 g/mol. The molecule has 0 spiro atoms. The number of carbonyl (C=O) groups excluding carboxylic acids is 2. The van der Waals surface area contributed by atoms with Gasteiger partial charge in [-0.1, -0.05) is 50.1 Å². The lowest BCUT2D eigenvalue weighted by molar-refractivity contribution is -0.139. The number of nitrogens with one attached hydrogen (secondary N) is 2. The summed E-state index contributed by atoms with van der Waals surface area (Å²) in [7, 11) is 0. The van der Waals surface area contributed by atoms with Crippen LogP contribution in [0.5, 0.6) is 0 Å². The Morgan fingerprint density at radius 3 is 2.14 bits per heavy atom. The van der Waals surface area contributed by atoms with Crippen molar-refractivity contribution in [1.82, 2.24) is 10.6 Å². The van der Waals surface area contributed by atoms with Gasteiger partial charge in [0.1, 0.15) is 12.2 Å². The number of carbonyl (C=O) groups is 2. The SMILES string of the molecule is O=C(NC1(C(=O)NCCF)CC1)c1ccc(/C=C/C(c2cc(Br)cc(Br)c2)C(F)(F)F)cc1C(F)(F)F. The summed E-state index contributed by atoms with van der Waals surface area (Å²) < 4.78 is 95.7. The van der Waals surface area contributed by atoms with E-state index in [1.807, 2.05) is 0 Å². The zero-order valence-electron chi connectivity index (χ0n) is 18.7. The third-order valence-corrected chi connectivity index (χ3v) is 6.50. The highest BCUT2D eigenvalue weighted by atomic mass is 79.9. The summed E-state index contributed by atoms with van der Waals surface area (Å²) in [6.07, 6.45) is -7.77.